The van der Waals surface area contributed by atoms with Gasteiger partial charge in [0, 0.05) is 7.11 Å². The highest BCUT2D eigenvalue weighted by Crippen LogP contribution is 1.98. The summed E-state index contributed by atoms with van der Waals surface area (Å²) >= 11 is 0. The molecule has 0 aliphatic heterocycles. The van der Waals surface area contributed by atoms with Gasteiger partial charge in [0.05, 0.1) is 13.2 Å². The molecule has 4 heteroatoms. The van der Waals surface area contributed by atoms with Crippen molar-refractivity contribution < 1.29 is 19.7 Å². The van der Waals surface area contributed by atoms with Crippen molar-refractivity contribution in [2.45, 2.75) is 18.8 Å². The largest absolute Gasteiger partial charge is 0.394 e. The molecule has 0 saturated heterocycles. The topological polar surface area (TPSA) is 58.9 Å². The number of ether oxygens (including phenoxy) is 2. The zero-order valence-corrected chi connectivity index (χ0v) is 6.69. The van der Waals surface area contributed by atoms with Crippen LogP contribution in [0.25, 0.3) is 0 Å². The molecule has 4 nitrogen and oxygen atoms in total. The van der Waals surface area contributed by atoms with Crippen molar-refractivity contribution in [3.8, 4) is 0 Å². The summed E-state index contributed by atoms with van der Waals surface area (Å²) in [4.78, 5) is 0. The van der Waals surface area contributed by atoms with E-state index in [2.05, 4.69) is 6.92 Å². The van der Waals surface area contributed by atoms with E-state index in [1.54, 1.807) is 0 Å². The van der Waals surface area contributed by atoms with Gasteiger partial charge in [0.25, 0.3) is 0 Å². The maximum Gasteiger partial charge on any atom is 0.157 e. The molecular weight excluding hydrogens is 148 g/mol. The Hall–Kier alpha value is -0.160. The van der Waals surface area contributed by atoms with E-state index in [-0.39, 0.29) is 13.2 Å². The normalized spacial score (nSPS) is 16.4. The highest BCUT2D eigenvalue weighted by Gasteiger charge is 2.07. The molecule has 2 N–H and O–H groups in total. The molecule has 0 bridgehead atoms. The molecule has 1 radical (unpaired) electrons. The Morgan fingerprint density at radius 2 is 2.18 bits per heavy atom. The third-order valence-corrected chi connectivity index (χ3v) is 1.18. The van der Waals surface area contributed by atoms with Crippen LogP contribution in [-0.4, -0.2) is 42.9 Å². The molecule has 0 rings (SSSR count). The molecule has 0 aliphatic rings. The molecule has 11 heavy (non-hydrogen) atoms. The van der Waals surface area contributed by atoms with Crippen LogP contribution in [0.1, 0.15) is 6.42 Å². The predicted octanol–water partition coefficient (Wildman–Crippen LogP) is -0.447. The molecule has 67 valence electrons. The quantitative estimate of drug-likeness (QED) is 0.521. The number of hydrogen-bond acceptors (Lipinski definition) is 4. The van der Waals surface area contributed by atoms with Gasteiger partial charge >= 0.3 is 0 Å². The van der Waals surface area contributed by atoms with Crippen LogP contribution < -0.4 is 0 Å². The van der Waals surface area contributed by atoms with E-state index in [1.807, 2.05) is 0 Å². The maximum absolute atomic E-state index is 8.85. The lowest BCUT2D eigenvalue weighted by atomic mass is 10.4. The Morgan fingerprint density at radius 3 is 2.55 bits per heavy atom. The summed E-state index contributed by atoms with van der Waals surface area (Å²) in [5.41, 5.74) is 0. The van der Waals surface area contributed by atoms with Crippen LogP contribution in [0.5, 0.6) is 0 Å². The summed E-state index contributed by atoms with van der Waals surface area (Å²) in [7, 11) is 1.50. The van der Waals surface area contributed by atoms with Crippen LogP contribution in [0.15, 0.2) is 0 Å². The summed E-state index contributed by atoms with van der Waals surface area (Å²) < 4.78 is 9.82. The zero-order chi connectivity index (χ0) is 8.69. The van der Waals surface area contributed by atoms with Gasteiger partial charge in [-0.1, -0.05) is 0 Å². The van der Waals surface area contributed by atoms with E-state index >= 15 is 0 Å². The molecule has 0 aliphatic carbocycles. The average molecular weight is 163 g/mol. The van der Waals surface area contributed by atoms with Gasteiger partial charge in [0.2, 0.25) is 0 Å². The Kier molecular flexibility index (Phi) is 6.45. The van der Waals surface area contributed by atoms with Gasteiger partial charge in [0.15, 0.2) is 6.29 Å². The monoisotopic (exact) mass is 163 g/mol. The van der Waals surface area contributed by atoms with Crippen molar-refractivity contribution in [3.05, 3.63) is 6.92 Å². The summed E-state index contributed by atoms with van der Waals surface area (Å²) in [5.74, 6) is 0. The van der Waals surface area contributed by atoms with Crippen LogP contribution in [0, 0.1) is 6.92 Å². The Labute approximate surface area is 66.7 Å². The summed E-state index contributed by atoms with van der Waals surface area (Å²) in [6, 6.07) is 0. The minimum absolute atomic E-state index is 0.0739. The van der Waals surface area contributed by atoms with E-state index in [0.717, 1.165) is 0 Å². The van der Waals surface area contributed by atoms with Crippen molar-refractivity contribution in [1.29, 1.82) is 0 Å². The number of aliphatic hydroxyl groups excluding tert-OH is 2. The van der Waals surface area contributed by atoms with E-state index in [1.165, 1.54) is 7.11 Å². The van der Waals surface area contributed by atoms with E-state index in [0.29, 0.717) is 6.42 Å². The van der Waals surface area contributed by atoms with Gasteiger partial charge in [0.1, 0.15) is 6.10 Å². The lowest BCUT2D eigenvalue weighted by Crippen LogP contribution is -2.24. The third-order valence-electron chi connectivity index (χ3n) is 1.18. The van der Waals surface area contributed by atoms with Crippen LogP contribution in [-0.2, 0) is 9.47 Å². The molecule has 0 heterocycles. The molecule has 0 aromatic rings. The molecule has 0 amide bonds. The lowest BCUT2D eigenvalue weighted by molar-refractivity contribution is -0.143. The Bertz CT molecular complexity index is 82.5. The molecule has 0 saturated carbocycles. The van der Waals surface area contributed by atoms with Gasteiger partial charge in [-0.15, -0.1) is 0 Å². The molecule has 2 unspecified atom stereocenters. The second-order valence-corrected chi connectivity index (χ2v) is 2.12. The predicted molar refractivity (Wildman–Crippen MR) is 39.8 cm³/mol. The van der Waals surface area contributed by atoms with Crippen molar-refractivity contribution in [1.82, 2.24) is 0 Å². The van der Waals surface area contributed by atoms with Gasteiger partial charge in [-0.25, -0.2) is 0 Å². The van der Waals surface area contributed by atoms with Crippen molar-refractivity contribution in [3.63, 3.8) is 0 Å². The molecule has 0 aromatic carbocycles. The van der Waals surface area contributed by atoms with Crippen LogP contribution in [0.3, 0.4) is 0 Å². The van der Waals surface area contributed by atoms with Crippen molar-refractivity contribution >= 4 is 0 Å². The maximum atomic E-state index is 8.85. The molecule has 0 fully saturated rings. The SMILES string of the molecule is [CH2]CC(OC)OCC(O)CO. The lowest BCUT2D eigenvalue weighted by Gasteiger charge is -2.15. The number of methoxy groups -OCH3 is 1. The first-order valence-electron chi connectivity index (χ1n) is 3.47. The second-order valence-electron chi connectivity index (χ2n) is 2.12. The molecule has 0 spiro atoms. The summed E-state index contributed by atoms with van der Waals surface area (Å²) in [6.07, 6.45) is -0.746. The minimum Gasteiger partial charge on any atom is -0.394 e. The fraction of sp³-hybridized carbons (Fsp3) is 0.857. The van der Waals surface area contributed by atoms with Gasteiger partial charge in [-0.2, -0.15) is 0 Å². The standard InChI is InChI=1S/C7H15O4/c1-3-7(10-2)11-5-6(9)4-8/h6-9H,1,3-5H2,2H3. The third kappa shape index (κ3) is 5.15. The fourth-order valence-corrected chi connectivity index (χ4v) is 0.540. The number of aliphatic hydroxyl groups is 2. The van der Waals surface area contributed by atoms with E-state index in [9.17, 15) is 0 Å². The first kappa shape index (κ1) is 10.8. The van der Waals surface area contributed by atoms with Crippen LogP contribution in [0.2, 0.25) is 0 Å². The summed E-state index contributed by atoms with van der Waals surface area (Å²) in [6.45, 7) is 3.34. The molecular formula is C7H15O4. The molecule has 0 aromatic heterocycles. The zero-order valence-electron chi connectivity index (χ0n) is 6.69. The number of rotatable bonds is 6. The van der Waals surface area contributed by atoms with Crippen molar-refractivity contribution in [2.24, 2.45) is 0 Å². The Morgan fingerprint density at radius 1 is 1.55 bits per heavy atom. The fourth-order valence-electron chi connectivity index (χ4n) is 0.540. The summed E-state index contributed by atoms with van der Waals surface area (Å²) in [5, 5.41) is 17.3. The smallest absolute Gasteiger partial charge is 0.157 e. The second kappa shape index (κ2) is 6.54. The van der Waals surface area contributed by atoms with Crippen molar-refractivity contribution in [2.75, 3.05) is 20.3 Å². The van der Waals surface area contributed by atoms with E-state index in [4.69, 9.17) is 19.7 Å². The van der Waals surface area contributed by atoms with Gasteiger partial charge < -0.3 is 19.7 Å². The van der Waals surface area contributed by atoms with E-state index < -0.39 is 12.4 Å². The Balaban J connectivity index is 3.34. The van der Waals surface area contributed by atoms with Crippen LogP contribution in [0.4, 0.5) is 0 Å². The first-order chi connectivity index (χ1) is 5.24. The average Bonchev–Trinajstić information content (AvgIpc) is 2.06. The van der Waals surface area contributed by atoms with Gasteiger partial charge in [-0.3, -0.25) is 0 Å². The highest BCUT2D eigenvalue weighted by molar-refractivity contribution is 4.52. The first-order valence-corrected chi connectivity index (χ1v) is 3.47. The number of hydrogen-bond donors (Lipinski definition) is 2. The minimum atomic E-state index is -0.834. The highest BCUT2D eigenvalue weighted by atomic mass is 16.7. The van der Waals surface area contributed by atoms with Crippen LogP contribution >= 0.6 is 0 Å². The van der Waals surface area contributed by atoms with Gasteiger partial charge in [-0.05, 0) is 13.3 Å². The molecule has 2 atom stereocenters.